The number of aliphatic hydroxyl groups is 1. The molecule has 2 nitrogen and oxygen atoms in total. The van der Waals surface area contributed by atoms with Gasteiger partial charge in [0.2, 0.25) is 0 Å². The summed E-state index contributed by atoms with van der Waals surface area (Å²) in [5.74, 6) is 0. The normalized spacial score (nSPS) is 17.5. The van der Waals surface area contributed by atoms with Crippen LogP contribution >= 0.6 is 11.6 Å². The Morgan fingerprint density at radius 2 is 2.00 bits per heavy atom. The van der Waals surface area contributed by atoms with Crippen LogP contribution < -0.4 is 5.32 Å². The van der Waals surface area contributed by atoms with Crippen molar-refractivity contribution >= 4 is 11.6 Å². The van der Waals surface area contributed by atoms with E-state index in [1.54, 1.807) is 6.07 Å². The van der Waals surface area contributed by atoms with Crippen molar-refractivity contribution in [1.29, 1.82) is 0 Å². The van der Waals surface area contributed by atoms with E-state index in [1.807, 2.05) is 0 Å². The maximum absolute atomic E-state index is 12.7. The predicted octanol–water partition coefficient (Wildman–Crippen LogP) is 3.22. The molecule has 0 unspecified atom stereocenters. The Morgan fingerprint density at radius 3 is 2.53 bits per heavy atom. The van der Waals surface area contributed by atoms with E-state index in [2.05, 4.69) is 5.32 Å². The number of rotatable bonds is 5. The molecule has 0 heterocycles. The summed E-state index contributed by atoms with van der Waals surface area (Å²) in [6.07, 6.45) is -2.51. The first-order valence-electron chi connectivity index (χ1n) is 6.04. The van der Waals surface area contributed by atoms with Gasteiger partial charge in [-0.1, -0.05) is 17.7 Å². The van der Waals surface area contributed by atoms with Crippen LogP contribution in [0.2, 0.25) is 5.02 Å². The van der Waals surface area contributed by atoms with Crippen molar-refractivity contribution in [2.45, 2.75) is 25.6 Å². The molecule has 1 saturated carbocycles. The highest BCUT2D eigenvalue weighted by atomic mass is 35.5. The Bertz CT molecular complexity index is 458. The number of aliphatic hydroxyl groups excluding tert-OH is 1. The van der Waals surface area contributed by atoms with Crippen LogP contribution in [0.5, 0.6) is 0 Å². The molecule has 0 aliphatic heterocycles. The maximum Gasteiger partial charge on any atom is 0.417 e. The quantitative estimate of drug-likeness (QED) is 0.874. The standard InChI is InChI=1S/C13H15ClF3NO/c14-11-2-1-9(5-10(11)13(15,16)17)6-18-7-12(8-19)3-4-12/h1-2,5,18-19H,3-4,6-8H2. The fraction of sp³-hybridized carbons (Fsp3) is 0.538. The fourth-order valence-corrected chi connectivity index (χ4v) is 2.16. The van der Waals surface area contributed by atoms with E-state index in [9.17, 15) is 13.2 Å². The molecule has 0 bridgehead atoms. The molecule has 1 aromatic carbocycles. The first-order valence-corrected chi connectivity index (χ1v) is 6.41. The molecule has 0 saturated heterocycles. The summed E-state index contributed by atoms with van der Waals surface area (Å²) < 4.78 is 38.0. The Balaban J connectivity index is 1.97. The zero-order valence-corrected chi connectivity index (χ0v) is 11.0. The van der Waals surface area contributed by atoms with Gasteiger partial charge in [-0.15, -0.1) is 0 Å². The van der Waals surface area contributed by atoms with E-state index in [1.165, 1.54) is 6.07 Å². The molecule has 1 aliphatic rings. The van der Waals surface area contributed by atoms with Crippen LogP contribution in [0.15, 0.2) is 18.2 Å². The molecule has 0 atom stereocenters. The molecule has 19 heavy (non-hydrogen) atoms. The number of hydrogen-bond acceptors (Lipinski definition) is 2. The fourth-order valence-electron chi connectivity index (χ4n) is 1.94. The van der Waals surface area contributed by atoms with Gasteiger partial charge in [0.25, 0.3) is 0 Å². The highest BCUT2D eigenvalue weighted by Gasteiger charge is 2.41. The van der Waals surface area contributed by atoms with Gasteiger partial charge in [-0.25, -0.2) is 0 Å². The molecule has 106 valence electrons. The lowest BCUT2D eigenvalue weighted by Gasteiger charge is -2.14. The summed E-state index contributed by atoms with van der Waals surface area (Å²) in [4.78, 5) is 0. The van der Waals surface area contributed by atoms with Crippen LogP contribution in [0.3, 0.4) is 0 Å². The molecule has 1 aliphatic carbocycles. The van der Waals surface area contributed by atoms with Crippen molar-refractivity contribution in [2.75, 3.05) is 13.2 Å². The van der Waals surface area contributed by atoms with E-state index in [-0.39, 0.29) is 17.0 Å². The van der Waals surface area contributed by atoms with Crippen LogP contribution in [-0.4, -0.2) is 18.3 Å². The van der Waals surface area contributed by atoms with E-state index in [0.29, 0.717) is 18.7 Å². The highest BCUT2D eigenvalue weighted by molar-refractivity contribution is 6.31. The summed E-state index contributed by atoms with van der Waals surface area (Å²) in [7, 11) is 0. The first kappa shape index (κ1) is 14.6. The minimum Gasteiger partial charge on any atom is -0.396 e. The SMILES string of the molecule is OCC1(CNCc2ccc(Cl)c(C(F)(F)F)c2)CC1. The van der Waals surface area contributed by atoms with Gasteiger partial charge in [0.15, 0.2) is 0 Å². The maximum atomic E-state index is 12.7. The Kier molecular flexibility index (Phi) is 4.08. The van der Waals surface area contributed by atoms with Gasteiger partial charge in [0, 0.05) is 25.1 Å². The minimum atomic E-state index is -4.43. The summed E-state index contributed by atoms with van der Waals surface area (Å²) in [5, 5.41) is 11.9. The molecule has 0 radical (unpaired) electrons. The zero-order chi connectivity index (χ0) is 14.1. The second kappa shape index (κ2) is 5.31. The predicted molar refractivity (Wildman–Crippen MR) is 66.9 cm³/mol. The number of nitrogens with one attached hydrogen (secondary N) is 1. The molecule has 1 fully saturated rings. The van der Waals surface area contributed by atoms with E-state index in [0.717, 1.165) is 18.9 Å². The largest absolute Gasteiger partial charge is 0.417 e. The molecule has 6 heteroatoms. The third kappa shape index (κ3) is 3.61. The van der Waals surface area contributed by atoms with Crippen molar-refractivity contribution in [1.82, 2.24) is 5.32 Å². The zero-order valence-electron chi connectivity index (χ0n) is 10.2. The Hall–Kier alpha value is -0.780. The average Bonchev–Trinajstić information content (AvgIpc) is 3.10. The van der Waals surface area contributed by atoms with Gasteiger partial charge < -0.3 is 10.4 Å². The topological polar surface area (TPSA) is 32.3 Å². The molecule has 0 spiro atoms. The number of alkyl halides is 3. The van der Waals surface area contributed by atoms with Crippen molar-refractivity contribution in [3.63, 3.8) is 0 Å². The van der Waals surface area contributed by atoms with Crippen molar-refractivity contribution in [3.8, 4) is 0 Å². The minimum absolute atomic E-state index is 0.0563. The Labute approximate surface area is 114 Å². The monoisotopic (exact) mass is 293 g/mol. The number of halogens is 4. The van der Waals surface area contributed by atoms with Gasteiger partial charge in [-0.05, 0) is 30.5 Å². The van der Waals surface area contributed by atoms with Gasteiger partial charge in [0.1, 0.15) is 0 Å². The van der Waals surface area contributed by atoms with Crippen LogP contribution in [0, 0.1) is 5.41 Å². The molecule has 0 aromatic heterocycles. The average molecular weight is 294 g/mol. The molecule has 2 N–H and O–H groups in total. The number of benzene rings is 1. The Morgan fingerprint density at radius 1 is 1.32 bits per heavy atom. The van der Waals surface area contributed by atoms with Crippen molar-refractivity contribution < 1.29 is 18.3 Å². The third-order valence-corrected chi connectivity index (χ3v) is 3.79. The summed E-state index contributed by atoms with van der Waals surface area (Å²) >= 11 is 5.55. The van der Waals surface area contributed by atoms with E-state index in [4.69, 9.17) is 16.7 Å². The summed E-state index contributed by atoms with van der Waals surface area (Å²) in [6, 6.07) is 3.90. The van der Waals surface area contributed by atoms with Crippen molar-refractivity contribution in [3.05, 3.63) is 34.3 Å². The second-order valence-corrected chi connectivity index (χ2v) is 5.48. The first-order chi connectivity index (χ1) is 8.86. The highest BCUT2D eigenvalue weighted by Crippen LogP contribution is 2.44. The molecular weight excluding hydrogens is 279 g/mol. The molecular formula is C13H15ClF3NO. The van der Waals surface area contributed by atoms with E-state index >= 15 is 0 Å². The third-order valence-electron chi connectivity index (χ3n) is 3.46. The number of hydrogen-bond donors (Lipinski definition) is 2. The lowest BCUT2D eigenvalue weighted by Crippen LogP contribution is -2.26. The molecule has 2 rings (SSSR count). The van der Waals surface area contributed by atoms with Crippen LogP contribution in [-0.2, 0) is 12.7 Å². The van der Waals surface area contributed by atoms with Gasteiger partial charge in [-0.3, -0.25) is 0 Å². The van der Waals surface area contributed by atoms with Gasteiger partial charge in [0.05, 0.1) is 10.6 Å². The van der Waals surface area contributed by atoms with Gasteiger partial charge in [-0.2, -0.15) is 13.2 Å². The van der Waals surface area contributed by atoms with Crippen molar-refractivity contribution in [2.24, 2.45) is 5.41 Å². The van der Waals surface area contributed by atoms with Crippen LogP contribution in [0.4, 0.5) is 13.2 Å². The summed E-state index contributed by atoms with van der Waals surface area (Å²) in [5.41, 5.74) is -0.332. The molecule has 1 aromatic rings. The second-order valence-electron chi connectivity index (χ2n) is 5.07. The van der Waals surface area contributed by atoms with E-state index < -0.39 is 11.7 Å². The van der Waals surface area contributed by atoms with Crippen LogP contribution in [0.1, 0.15) is 24.0 Å². The lowest BCUT2D eigenvalue weighted by molar-refractivity contribution is -0.137. The van der Waals surface area contributed by atoms with Gasteiger partial charge >= 0.3 is 6.18 Å². The smallest absolute Gasteiger partial charge is 0.396 e. The lowest BCUT2D eigenvalue weighted by atomic mass is 10.1. The van der Waals surface area contributed by atoms with Crippen LogP contribution in [0.25, 0.3) is 0 Å². The summed E-state index contributed by atoms with van der Waals surface area (Å²) in [6.45, 7) is 1.07. The molecule has 0 amide bonds.